The number of halogens is 1. The summed E-state index contributed by atoms with van der Waals surface area (Å²) in [6.07, 6.45) is 2.60. The van der Waals surface area contributed by atoms with Crippen LogP contribution in [0.5, 0.6) is 0 Å². The number of hydrogen-bond donors (Lipinski definition) is 0. The molecule has 2 aromatic carbocycles. The third-order valence-corrected chi connectivity index (χ3v) is 5.81. The van der Waals surface area contributed by atoms with Crippen LogP contribution in [0.1, 0.15) is 34.3 Å². The normalized spacial score (nSPS) is 19.5. The molecule has 0 N–H and O–H groups in total. The number of amides is 2. The minimum absolute atomic E-state index is 0.0426. The lowest BCUT2D eigenvalue weighted by Crippen LogP contribution is -2.47. The van der Waals surface area contributed by atoms with E-state index in [9.17, 15) is 9.59 Å². The molecule has 2 aliphatic rings. The van der Waals surface area contributed by atoms with E-state index in [1.165, 1.54) is 11.1 Å². The number of nitrogens with zero attached hydrogens (tertiary/aromatic N) is 2. The summed E-state index contributed by atoms with van der Waals surface area (Å²) in [5, 5.41) is 0.553. The summed E-state index contributed by atoms with van der Waals surface area (Å²) in [5.41, 5.74) is 3.16. The van der Waals surface area contributed by atoms with Crippen molar-refractivity contribution in [1.29, 1.82) is 0 Å². The lowest BCUT2D eigenvalue weighted by Gasteiger charge is -2.36. The molecule has 4 nitrogen and oxygen atoms in total. The van der Waals surface area contributed by atoms with E-state index in [0.717, 1.165) is 25.8 Å². The second kappa shape index (κ2) is 7.73. The maximum Gasteiger partial charge on any atom is 0.253 e. The highest BCUT2D eigenvalue weighted by Gasteiger charge is 2.32. The summed E-state index contributed by atoms with van der Waals surface area (Å²) < 4.78 is 0. The van der Waals surface area contributed by atoms with Crippen molar-refractivity contribution in [3.8, 4) is 0 Å². The van der Waals surface area contributed by atoms with Crippen LogP contribution in [-0.4, -0.2) is 41.2 Å². The second-order valence-corrected chi connectivity index (χ2v) is 7.82. The van der Waals surface area contributed by atoms with Crippen molar-refractivity contribution in [1.82, 2.24) is 9.80 Å². The number of benzene rings is 2. The summed E-state index contributed by atoms with van der Waals surface area (Å²) >= 11 is 6.02. The number of fused-ring (bicyclic) bond motifs is 1. The zero-order valence-electron chi connectivity index (χ0n) is 15.2. The summed E-state index contributed by atoms with van der Waals surface area (Å²) in [4.78, 5) is 29.7. The first kappa shape index (κ1) is 18.1. The van der Waals surface area contributed by atoms with Gasteiger partial charge in [-0.1, -0.05) is 41.9 Å². The first-order chi connectivity index (χ1) is 13.1. The molecule has 0 radical (unpaired) electrons. The van der Waals surface area contributed by atoms with E-state index in [-0.39, 0.29) is 17.7 Å². The SMILES string of the molecule is O=C(c1cccc(Cl)c1)N1CCC[C@H](C(=O)N2CCc3ccccc3C2)C1. The van der Waals surface area contributed by atoms with Crippen molar-refractivity contribution in [2.45, 2.75) is 25.8 Å². The Morgan fingerprint density at radius 2 is 1.78 bits per heavy atom. The summed E-state index contributed by atoms with van der Waals surface area (Å²) in [5.74, 6) is 0.0132. The van der Waals surface area contributed by atoms with E-state index in [1.54, 1.807) is 29.2 Å². The Hall–Kier alpha value is -2.33. The number of carbonyl (C=O) groups is 2. The van der Waals surface area contributed by atoms with Crippen LogP contribution in [0.15, 0.2) is 48.5 Å². The highest BCUT2D eigenvalue weighted by Crippen LogP contribution is 2.25. The fourth-order valence-electron chi connectivity index (χ4n) is 4.11. The predicted molar refractivity (Wildman–Crippen MR) is 106 cm³/mol. The van der Waals surface area contributed by atoms with E-state index in [1.807, 2.05) is 11.0 Å². The molecular formula is C22H23ClN2O2. The van der Waals surface area contributed by atoms with Crippen LogP contribution < -0.4 is 0 Å². The fourth-order valence-corrected chi connectivity index (χ4v) is 4.30. The van der Waals surface area contributed by atoms with Crippen LogP contribution >= 0.6 is 11.6 Å². The van der Waals surface area contributed by atoms with Crippen molar-refractivity contribution >= 4 is 23.4 Å². The fraction of sp³-hybridized carbons (Fsp3) is 0.364. The van der Waals surface area contributed by atoms with Crippen LogP contribution in [0.2, 0.25) is 5.02 Å². The Morgan fingerprint density at radius 1 is 0.963 bits per heavy atom. The standard InChI is InChI=1S/C22H23ClN2O2/c23-20-9-3-7-17(13-20)21(26)24-11-4-8-19(15-24)22(27)25-12-10-16-5-1-2-6-18(16)14-25/h1-3,5-7,9,13,19H,4,8,10-12,14-15H2/t19-/m0/s1. The monoisotopic (exact) mass is 382 g/mol. The van der Waals surface area contributed by atoms with Crippen LogP contribution in [0.25, 0.3) is 0 Å². The van der Waals surface area contributed by atoms with Gasteiger partial charge in [0.2, 0.25) is 5.91 Å². The molecule has 1 atom stereocenters. The Balaban J connectivity index is 1.44. The Bertz CT molecular complexity index is 867. The van der Waals surface area contributed by atoms with Gasteiger partial charge in [-0.05, 0) is 48.6 Å². The zero-order chi connectivity index (χ0) is 18.8. The van der Waals surface area contributed by atoms with Gasteiger partial charge in [-0.15, -0.1) is 0 Å². The molecular weight excluding hydrogens is 360 g/mol. The van der Waals surface area contributed by atoms with Gasteiger partial charge in [-0.25, -0.2) is 0 Å². The maximum absolute atomic E-state index is 13.1. The first-order valence-corrected chi connectivity index (χ1v) is 9.90. The molecule has 0 spiro atoms. The molecule has 2 aliphatic heterocycles. The second-order valence-electron chi connectivity index (χ2n) is 7.38. The van der Waals surface area contributed by atoms with E-state index in [2.05, 4.69) is 18.2 Å². The van der Waals surface area contributed by atoms with Crippen LogP contribution in [0, 0.1) is 5.92 Å². The van der Waals surface area contributed by atoms with Gasteiger partial charge in [-0.3, -0.25) is 9.59 Å². The number of piperidine rings is 1. The van der Waals surface area contributed by atoms with Gasteiger partial charge in [-0.2, -0.15) is 0 Å². The van der Waals surface area contributed by atoms with E-state index < -0.39 is 0 Å². The average molecular weight is 383 g/mol. The van der Waals surface area contributed by atoms with Gasteiger partial charge in [0.25, 0.3) is 5.91 Å². The molecule has 2 amide bonds. The lowest BCUT2D eigenvalue weighted by atomic mass is 9.93. The van der Waals surface area contributed by atoms with Crippen molar-refractivity contribution < 1.29 is 9.59 Å². The minimum atomic E-state index is -0.118. The molecule has 4 rings (SSSR count). The maximum atomic E-state index is 13.1. The number of hydrogen-bond acceptors (Lipinski definition) is 2. The molecule has 0 bridgehead atoms. The van der Waals surface area contributed by atoms with Crippen LogP contribution in [-0.2, 0) is 17.8 Å². The van der Waals surface area contributed by atoms with Crippen LogP contribution in [0.4, 0.5) is 0 Å². The molecule has 0 unspecified atom stereocenters. The highest BCUT2D eigenvalue weighted by molar-refractivity contribution is 6.30. The summed E-state index contributed by atoms with van der Waals surface area (Å²) in [7, 11) is 0. The predicted octanol–water partition coefficient (Wildman–Crippen LogP) is 3.78. The molecule has 5 heteroatoms. The number of rotatable bonds is 2. The topological polar surface area (TPSA) is 40.6 Å². The van der Waals surface area contributed by atoms with Gasteiger partial charge in [0.15, 0.2) is 0 Å². The zero-order valence-corrected chi connectivity index (χ0v) is 16.0. The van der Waals surface area contributed by atoms with Gasteiger partial charge < -0.3 is 9.80 Å². The van der Waals surface area contributed by atoms with Crippen molar-refractivity contribution in [2.75, 3.05) is 19.6 Å². The van der Waals surface area contributed by atoms with Crippen LogP contribution in [0.3, 0.4) is 0 Å². The number of likely N-dealkylation sites (tertiary alicyclic amines) is 1. The summed E-state index contributed by atoms with van der Waals surface area (Å²) in [6.45, 7) is 2.61. The Morgan fingerprint density at radius 3 is 2.59 bits per heavy atom. The molecule has 2 aromatic rings. The Labute approximate surface area is 164 Å². The minimum Gasteiger partial charge on any atom is -0.338 e. The lowest BCUT2D eigenvalue weighted by molar-refractivity contribution is -0.137. The Kier molecular flexibility index (Phi) is 5.17. The third kappa shape index (κ3) is 3.86. The van der Waals surface area contributed by atoms with E-state index in [4.69, 9.17) is 11.6 Å². The molecule has 0 aliphatic carbocycles. The molecule has 2 heterocycles. The molecule has 1 fully saturated rings. The van der Waals surface area contributed by atoms with E-state index in [0.29, 0.717) is 30.2 Å². The largest absolute Gasteiger partial charge is 0.338 e. The quantitative estimate of drug-likeness (QED) is 0.793. The van der Waals surface area contributed by atoms with Gasteiger partial charge in [0.1, 0.15) is 0 Å². The smallest absolute Gasteiger partial charge is 0.253 e. The number of carbonyl (C=O) groups excluding carboxylic acids is 2. The molecule has 0 saturated carbocycles. The van der Waals surface area contributed by atoms with Gasteiger partial charge >= 0.3 is 0 Å². The molecule has 140 valence electrons. The highest BCUT2D eigenvalue weighted by atomic mass is 35.5. The third-order valence-electron chi connectivity index (χ3n) is 5.57. The first-order valence-electron chi connectivity index (χ1n) is 9.52. The van der Waals surface area contributed by atoms with Gasteiger partial charge in [0.05, 0.1) is 5.92 Å². The van der Waals surface area contributed by atoms with Crippen molar-refractivity contribution in [3.05, 3.63) is 70.2 Å². The van der Waals surface area contributed by atoms with E-state index >= 15 is 0 Å². The molecule has 27 heavy (non-hydrogen) atoms. The molecule has 1 saturated heterocycles. The summed E-state index contributed by atoms with van der Waals surface area (Å²) in [6, 6.07) is 15.3. The van der Waals surface area contributed by atoms with Crippen molar-refractivity contribution in [3.63, 3.8) is 0 Å². The van der Waals surface area contributed by atoms with Gasteiger partial charge in [0, 0.05) is 36.8 Å². The van der Waals surface area contributed by atoms with Crippen molar-refractivity contribution in [2.24, 2.45) is 5.92 Å². The average Bonchev–Trinajstić information content (AvgIpc) is 2.72. The molecule has 0 aromatic heterocycles.